The van der Waals surface area contributed by atoms with E-state index in [0.29, 0.717) is 17.1 Å². The standard InChI is InChI=1S/C19H17N5O4/c25-18(10-11-20-16-6-1-2-7-17(16)24(27)28)21-14-5-3-4-13(12-14)15-8-9-19(26)23-22-15/h1-9,12,20H,10-11H2,(H,21,25)(H,23,26). The Balaban J connectivity index is 1.58. The Labute approximate surface area is 159 Å². The van der Waals surface area contributed by atoms with Crippen molar-refractivity contribution in [2.24, 2.45) is 0 Å². The molecule has 0 aliphatic rings. The summed E-state index contributed by atoms with van der Waals surface area (Å²) in [5, 5.41) is 23.0. The van der Waals surface area contributed by atoms with E-state index in [0.717, 1.165) is 5.56 Å². The lowest BCUT2D eigenvalue weighted by Gasteiger charge is -2.09. The van der Waals surface area contributed by atoms with Crippen LogP contribution < -0.4 is 16.2 Å². The molecule has 0 bridgehead atoms. The van der Waals surface area contributed by atoms with Crippen molar-refractivity contribution in [1.82, 2.24) is 10.2 Å². The van der Waals surface area contributed by atoms with Crippen LogP contribution >= 0.6 is 0 Å². The number of nitro benzene ring substituents is 1. The van der Waals surface area contributed by atoms with E-state index in [-0.39, 0.29) is 30.1 Å². The van der Waals surface area contributed by atoms with Gasteiger partial charge >= 0.3 is 0 Å². The van der Waals surface area contributed by atoms with E-state index >= 15 is 0 Å². The quantitative estimate of drug-likeness (QED) is 0.427. The molecule has 9 heteroatoms. The molecule has 9 nitrogen and oxygen atoms in total. The highest BCUT2D eigenvalue weighted by molar-refractivity contribution is 5.91. The van der Waals surface area contributed by atoms with E-state index in [1.165, 1.54) is 12.1 Å². The summed E-state index contributed by atoms with van der Waals surface area (Å²) in [6.45, 7) is 0.248. The Morgan fingerprint density at radius 1 is 1.11 bits per heavy atom. The highest BCUT2D eigenvalue weighted by Crippen LogP contribution is 2.23. The van der Waals surface area contributed by atoms with Gasteiger partial charge in [0.15, 0.2) is 0 Å². The van der Waals surface area contributed by atoms with Gasteiger partial charge in [0.1, 0.15) is 5.69 Å². The Kier molecular flexibility index (Phi) is 5.75. The normalized spacial score (nSPS) is 10.3. The van der Waals surface area contributed by atoms with Crippen LogP contribution in [-0.4, -0.2) is 27.6 Å². The number of anilines is 2. The fourth-order valence-corrected chi connectivity index (χ4v) is 2.58. The minimum Gasteiger partial charge on any atom is -0.379 e. The molecule has 3 rings (SSSR count). The fourth-order valence-electron chi connectivity index (χ4n) is 2.58. The van der Waals surface area contributed by atoms with Gasteiger partial charge < -0.3 is 10.6 Å². The monoisotopic (exact) mass is 379 g/mol. The number of amides is 1. The molecule has 0 unspecified atom stereocenters. The van der Waals surface area contributed by atoms with Crippen molar-refractivity contribution in [3.63, 3.8) is 0 Å². The van der Waals surface area contributed by atoms with Crippen molar-refractivity contribution in [2.45, 2.75) is 6.42 Å². The van der Waals surface area contributed by atoms with Gasteiger partial charge in [-0.05, 0) is 24.3 Å². The number of carbonyl (C=O) groups excluding carboxylic acids is 1. The number of nitro groups is 1. The van der Waals surface area contributed by atoms with Crippen LogP contribution in [-0.2, 0) is 4.79 Å². The average Bonchev–Trinajstić information content (AvgIpc) is 2.69. The number of rotatable bonds is 7. The maximum Gasteiger partial charge on any atom is 0.292 e. The van der Waals surface area contributed by atoms with Crippen molar-refractivity contribution in [1.29, 1.82) is 0 Å². The smallest absolute Gasteiger partial charge is 0.292 e. The number of para-hydroxylation sites is 2. The van der Waals surface area contributed by atoms with Gasteiger partial charge in [-0.25, -0.2) is 5.10 Å². The minimum atomic E-state index is -0.473. The van der Waals surface area contributed by atoms with Crippen LogP contribution in [0.3, 0.4) is 0 Å². The zero-order chi connectivity index (χ0) is 19.9. The van der Waals surface area contributed by atoms with E-state index in [1.807, 2.05) is 6.07 Å². The van der Waals surface area contributed by atoms with Crippen molar-refractivity contribution < 1.29 is 9.72 Å². The average molecular weight is 379 g/mol. The van der Waals surface area contributed by atoms with Crippen molar-refractivity contribution in [2.75, 3.05) is 17.2 Å². The van der Waals surface area contributed by atoms with E-state index < -0.39 is 4.92 Å². The van der Waals surface area contributed by atoms with Crippen molar-refractivity contribution in [3.8, 4) is 11.3 Å². The predicted octanol–water partition coefficient (Wildman–Crippen LogP) is 2.79. The molecule has 3 aromatic rings. The van der Waals surface area contributed by atoms with Gasteiger partial charge in [0.2, 0.25) is 5.91 Å². The van der Waals surface area contributed by atoms with Crippen LogP contribution in [0.5, 0.6) is 0 Å². The summed E-state index contributed by atoms with van der Waals surface area (Å²) in [6.07, 6.45) is 0.132. The van der Waals surface area contributed by atoms with E-state index in [2.05, 4.69) is 20.8 Å². The molecule has 28 heavy (non-hydrogen) atoms. The molecule has 1 amide bonds. The second-order valence-corrected chi connectivity index (χ2v) is 5.89. The third-order valence-electron chi connectivity index (χ3n) is 3.89. The summed E-state index contributed by atoms with van der Waals surface area (Å²) in [6, 6.07) is 16.3. The highest BCUT2D eigenvalue weighted by atomic mass is 16.6. The number of nitrogens with zero attached hydrogens (tertiary/aromatic N) is 2. The van der Waals surface area contributed by atoms with Gasteiger partial charge in [0.05, 0.1) is 10.6 Å². The summed E-state index contributed by atoms with van der Waals surface area (Å²) >= 11 is 0. The molecule has 3 N–H and O–H groups in total. The Morgan fingerprint density at radius 2 is 1.93 bits per heavy atom. The van der Waals surface area contributed by atoms with Crippen molar-refractivity contribution in [3.05, 3.63) is 81.1 Å². The molecule has 142 valence electrons. The van der Waals surface area contributed by atoms with Crippen LogP contribution in [0.4, 0.5) is 17.1 Å². The summed E-state index contributed by atoms with van der Waals surface area (Å²) in [7, 11) is 0. The molecule has 0 fully saturated rings. The first kappa shape index (κ1) is 18.8. The highest BCUT2D eigenvalue weighted by Gasteiger charge is 2.12. The van der Waals surface area contributed by atoms with E-state index in [1.54, 1.807) is 42.5 Å². The molecule has 0 spiro atoms. The van der Waals surface area contributed by atoms with Crippen molar-refractivity contribution >= 4 is 23.0 Å². The number of carbonyl (C=O) groups is 1. The first-order valence-electron chi connectivity index (χ1n) is 8.46. The summed E-state index contributed by atoms with van der Waals surface area (Å²) in [5.41, 5.74) is 1.94. The number of hydrogen-bond donors (Lipinski definition) is 3. The zero-order valence-corrected chi connectivity index (χ0v) is 14.7. The molecule has 0 aliphatic carbocycles. The van der Waals surface area contributed by atoms with E-state index in [4.69, 9.17) is 0 Å². The fraction of sp³-hybridized carbons (Fsp3) is 0.105. The van der Waals surface area contributed by atoms with Gasteiger partial charge in [-0.15, -0.1) is 0 Å². The second kappa shape index (κ2) is 8.58. The number of H-pyrrole nitrogens is 1. The summed E-state index contributed by atoms with van der Waals surface area (Å²) < 4.78 is 0. The first-order valence-corrected chi connectivity index (χ1v) is 8.46. The molecule has 1 aromatic heterocycles. The van der Waals surface area contributed by atoms with Crippen LogP contribution in [0.2, 0.25) is 0 Å². The lowest BCUT2D eigenvalue weighted by atomic mass is 10.1. The molecule has 2 aromatic carbocycles. The maximum atomic E-state index is 12.2. The van der Waals surface area contributed by atoms with Gasteiger partial charge in [0, 0.05) is 36.3 Å². The Morgan fingerprint density at radius 3 is 2.68 bits per heavy atom. The molecular weight excluding hydrogens is 362 g/mol. The predicted molar refractivity (Wildman–Crippen MR) is 105 cm³/mol. The number of aromatic amines is 1. The first-order chi connectivity index (χ1) is 13.5. The van der Waals surface area contributed by atoms with Gasteiger partial charge in [-0.1, -0.05) is 24.3 Å². The largest absolute Gasteiger partial charge is 0.379 e. The van der Waals surface area contributed by atoms with Gasteiger partial charge in [-0.2, -0.15) is 5.10 Å². The Bertz CT molecular complexity index is 1040. The number of nitrogens with one attached hydrogen (secondary N) is 3. The van der Waals surface area contributed by atoms with Crippen LogP contribution in [0, 0.1) is 10.1 Å². The number of hydrogen-bond acceptors (Lipinski definition) is 6. The molecule has 0 aliphatic heterocycles. The third-order valence-corrected chi connectivity index (χ3v) is 3.89. The number of aromatic nitrogens is 2. The molecule has 0 saturated heterocycles. The molecule has 1 heterocycles. The molecule has 0 radical (unpaired) electrons. The summed E-state index contributed by atoms with van der Waals surface area (Å²) in [4.78, 5) is 33.8. The third kappa shape index (κ3) is 4.79. The maximum absolute atomic E-state index is 12.2. The zero-order valence-electron chi connectivity index (χ0n) is 14.7. The lowest BCUT2D eigenvalue weighted by Crippen LogP contribution is -2.16. The molecule has 0 saturated carbocycles. The van der Waals surface area contributed by atoms with Gasteiger partial charge in [0.25, 0.3) is 11.2 Å². The molecule has 0 atom stereocenters. The van der Waals surface area contributed by atoms with Crippen LogP contribution in [0.15, 0.2) is 65.5 Å². The lowest BCUT2D eigenvalue weighted by molar-refractivity contribution is -0.384. The minimum absolute atomic E-state index is 0.0380. The Hall–Kier alpha value is -4.01. The number of benzene rings is 2. The van der Waals surface area contributed by atoms with Crippen LogP contribution in [0.25, 0.3) is 11.3 Å². The summed E-state index contributed by atoms with van der Waals surface area (Å²) in [5.74, 6) is -0.238. The topological polar surface area (TPSA) is 130 Å². The molecular formula is C19H17N5O4. The SMILES string of the molecule is O=C(CCNc1ccccc1[N+](=O)[O-])Nc1cccc(-c2ccc(=O)[nH]n2)c1. The van der Waals surface area contributed by atoms with E-state index in [9.17, 15) is 19.7 Å². The van der Waals surface area contributed by atoms with Crippen LogP contribution in [0.1, 0.15) is 6.42 Å². The second-order valence-electron chi connectivity index (χ2n) is 5.89. The van der Waals surface area contributed by atoms with Gasteiger partial charge in [-0.3, -0.25) is 19.7 Å².